The second-order valence-electron chi connectivity index (χ2n) is 6.74. The number of ether oxygens (including phenoxy) is 1. The first-order chi connectivity index (χ1) is 14.6. The van der Waals surface area contributed by atoms with Gasteiger partial charge in [0.1, 0.15) is 11.6 Å². The minimum absolute atomic E-state index is 0.0880. The number of hydrogen-bond donors (Lipinski definition) is 1. The van der Waals surface area contributed by atoms with Gasteiger partial charge in [0.25, 0.3) is 5.91 Å². The van der Waals surface area contributed by atoms with Gasteiger partial charge in [-0.3, -0.25) is 4.79 Å². The van der Waals surface area contributed by atoms with Crippen molar-refractivity contribution in [2.45, 2.75) is 0 Å². The Morgan fingerprint density at radius 1 is 1.03 bits per heavy atom. The molecule has 1 aliphatic rings. The van der Waals surface area contributed by atoms with Gasteiger partial charge in [0.05, 0.1) is 12.7 Å². The molecule has 0 bridgehead atoms. The summed E-state index contributed by atoms with van der Waals surface area (Å²) in [5, 5.41) is 12.2. The molecule has 30 heavy (non-hydrogen) atoms. The minimum Gasteiger partial charge on any atom is -0.496 e. The van der Waals surface area contributed by atoms with Crippen molar-refractivity contribution in [1.82, 2.24) is 20.1 Å². The van der Waals surface area contributed by atoms with Crippen LogP contribution in [0.3, 0.4) is 0 Å². The van der Waals surface area contributed by atoms with Crippen molar-refractivity contribution in [3.8, 4) is 5.75 Å². The van der Waals surface area contributed by atoms with Crippen molar-refractivity contribution in [2.24, 2.45) is 0 Å². The second-order valence-corrected chi connectivity index (χ2v) is 7.18. The second kappa shape index (κ2) is 8.96. The molecule has 3 heterocycles. The van der Waals surface area contributed by atoms with E-state index in [1.807, 2.05) is 30.3 Å². The van der Waals surface area contributed by atoms with E-state index >= 15 is 0 Å². The standard InChI is InChI=1S/C21H21ClN6O2/c1-30-17-6-5-15(22)14-16(17)21(29)28-12-10-27(11-13-28)20-8-7-19(25-26-20)24-18-4-2-3-9-23-18/h2-9,14H,10-13H2,1H3,(H,23,24,25). The summed E-state index contributed by atoms with van der Waals surface area (Å²) >= 11 is 6.07. The number of pyridine rings is 1. The van der Waals surface area contributed by atoms with Crippen LogP contribution >= 0.6 is 11.6 Å². The quantitative estimate of drug-likeness (QED) is 0.673. The van der Waals surface area contributed by atoms with Crippen LogP contribution in [0.1, 0.15) is 10.4 Å². The van der Waals surface area contributed by atoms with E-state index in [1.165, 1.54) is 0 Å². The lowest BCUT2D eigenvalue weighted by molar-refractivity contribution is 0.0743. The highest BCUT2D eigenvalue weighted by atomic mass is 35.5. The zero-order valence-corrected chi connectivity index (χ0v) is 17.2. The first-order valence-electron chi connectivity index (χ1n) is 9.53. The number of anilines is 3. The number of hydrogen-bond acceptors (Lipinski definition) is 7. The number of benzene rings is 1. The first-order valence-corrected chi connectivity index (χ1v) is 9.91. The fourth-order valence-corrected chi connectivity index (χ4v) is 3.46. The SMILES string of the molecule is COc1ccc(Cl)cc1C(=O)N1CCN(c2ccc(Nc3ccccn3)nn2)CC1. The Balaban J connectivity index is 1.37. The number of carbonyl (C=O) groups excluding carboxylic acids is 1. The Morgan fingerprint density at radius 2 is 1.87 bits per heavy atom. The van der Waals surface area contributed by atoms with Crippen molar-refractivity contribution in [3.63, 3.8) is 0 Å². The van der Waals surface area contributed by atoms with Gasteiger partial charge >= 0.3 is 0 Å². The Kier molecular flexibility index (Phi) is 5.94. The smallest absolute Gasteiger partial charge is 0.257 e. The molecule has 8 nitrogen and oxygen atoms in total. The highest BCUT2D eigenvalue weighted by Gasteiger charge is 2.25. The summed E-state index contributed by atoms with van der Waals surface area (Å²) in [7, 11) is 1.54. The number of methoxy groups -OCH3 is 1. The largest absolute Gasteiger partial charge is 0.496 e. The lowest BCUT2D eigenvalue weighted by Crippen LogP contribution is -2.49. The average Bonchev–Trinajstić information content (AvgIpc) is 2.80. The highest BCUT2D eigenvalue weighted by Crippen LogP contribution is 2.25. The molecular formula is C21H21ClN6O2. The van der Waals surface area contributed by atoms with E-state index in [2.05, 4.69) is 25.4 Å². The maximum absolute atomic E-state index is 12.9. The third-order valence-corrected chi connectivity index (χ3v) is 5.09. The van der Waals surface area contributed by atoms with Gasteiger partial charge in [-0.25, -0.2) is 4.98 Å². The molecule has 4 rings (SSSR count). The summed E-state index contributed by atoms with van der Waals surface area (Å²) in [5.74, 6) is 2.54. The van der Waals surface area contributed by atoms with Crippen LogP contribution in [0, 0.1) is 0 Å². The summed E-state index contributed by atoms with van der Waals surface area (Å²) in [6.45, 7) is 2.47. The van der Waals surface area contributed by atoms with Crippen LogP contribution in [0.5, 0.6) is 5.75 Å². The maximum Gasteiger partial charge on any atom is 0.257 e. The van der Waals surface area contributed by atoms with E-state index in [0.717, 1.165) is 5.82 Å². The van der Waals surface area contributed by atoms with Gasteiger partial charge in [0, 0.05) is 37.4 Å². The van der Waals surface area contributed by atoms with Gasteiger partial charge in [-0.15, -0.1) is 10.2 Å². The molecule has 0 saturated carbocycles. The number of nitrogens with zero attached hydrogens (tertiary/aromatic N) is 5. The predicted octanol–water partition coefficient (Wildman–Crippen LogP) is 3.24. The third-order valence-electron chi connectivity index (χ3n) is 4.85. The number of halogens is 1. The molecule has 1 saturated heterocycles. The first kappa shape index (κ1) is 19.9. The summed E-state index contributed by atoms with van der Waals surface area (Å²) in [6.07, 6.45) is 1.71. The molecular weight excluding hydrogens is 404 g/mol. The van der Waals surface area contributed by atoms with Crippen LogP contribution in [-0.2, 0) is 0 Å². The van der Waals surface area contributed by atoms with Crippen LogP contribution in [0.2, 0.25) is 5.02 Å². The van der Waals surface area contributed by atoms with E-state index in [4.69, 9.17) is 16.3 Å². The van der Waals surface area contributed by atoms with Crippen LogP contribution < -0.4 is 15.0 Å². The fraction of sp³-hybridized carbons (Fsp3) is 0.238. The van der Waals surface area contributed by atoms with Gasteiger partial charge in [-0.1, -0.05) is 17.7 Å². The Hall–Kier alpha value is -3.39. The van der Waals surface area contributed by atoms with Crippen molar-refractivity contribution < 1.29 is 9.53 Å². The van der Waals surface area contributed by atoms with Crippen LogP contribution in [-0.4, -0.2) is 59.3 Å². The number of piperazine rings is 1. The van der Waals surface area contributed by atoms with E-state index in [9.17, 15) is 4.79 Å². The average molecular weight is 425 g/mol. The number of aromatic nitrogens is 3. The Morgan fingerprint density at radius 3 is 2.53 bits per heavy atom. The molecule has 0 spiro atoms. The van der Waals surface area contributed by atoms with Gasteiger partial charge in [0.2, 0.25) is 0 Å². The number of carbonyl (C=O) groups is 1. The Labute approximate surface area is 179 Å². The number of amides is 1. The van der Waals surface area contributed by atoms with E-state index in [-0.39, 0.29) is 5.91 Å². The van der Waals surface area contributed by atoms with Crippen LogP contribution in [0.25, 0.3) is 0 Å². The van der Waals surface area contributed by atoms with Gasteiger partial charge in [0.15, 0.2) is 11.6 Å². The molecule has 3 aromatic rings. The molecule has 0 aliphatic carbocycles. The Bertz CT molecular complexity index is 1010. The van der Waals surface area contributed by atoms with E-state index in [0.29, 0.717) is 54.2 Å². The van der Waals surface area contributed by atoms with Crippen molar-refractivity contribution in [2.75, 3.05) is 43.5 Å². The molecule has 0 unspecified atom stereocenters. The minimum atomic E-state index is -0.0880. The summed E-state index contributed by atoms with van der Waals surface area (Å²) in [5.41, 5.74) is 0.475. The van der Waals surface area contributed by atoms with Gasteiger partial charge in [-0.2, -0.15) is 0 Å². The molecule has 1 amide bonds. The highest BCUT2D eigenvalue weighted by molar-refractivity contribution is 6.31. The van der Waals surface area contributed by atoms with Crippen molar-refractivity contribution in [3.05, 3.63) is 65.3 Å². The number of rotatable bonds is 5. The lowest BCUT2D eigenvalue weighted by Gasteiger charge is -2.35. The molecule has 1 aromatic carbocycles. The van der Waals surface area contributed by atoms with E-state index < -0.39 is 0 Å². The summed E-state index contributed by atoms with van der Waals surface area (Å²) < 4.78 is 5.31. The zero-order valence-electron chi connectivity index (χ0n) is 16.5. The van der Waals surface area contributed by atoms with Crippen molar-refractivity contribution in [1.29, 1.82) is 0 Å². The van der Waals surface area contributed by atoms with E-state index in [1.54, 1.807) is 36.4 Å². The molecule has 9 heteroatoms. The normalized spacial score (nSPS) is 13.8. The van der Waals surface area contributed by atoms with Crippen molar-refractivity contribution >= 4 is 35.0 Å². The third kappa shape index (κ3) is 4.44. The predicted molar refractivity (Wildman–Crippen MR) is 116 cm³/mol. The zero-order chi connectivity index (χ0) is 20.9. The molecule has 1 N–H and O–H groups in total. The summed E-state index contributed by atoms with van der Waals surface area (Å²) in [6, 6.07) is 14.5. The van der Waals surface area contributed by atoms with Gasteiger partial charge < -0.3 is 19.9 Å². The topological polar surface area (TPSA) is 83.5 Å². The molecule has 0 atom stereocenters. The monoisotopic (exact) mass is 424 g/mol. The lowest BCUT2D eigenvalue weighted by atomic mass is 10.1. The molecule has 2 aromatic heterocycles. The molecule has 154 valence electrons. The maximum atomic E-state index is 12.9. The molecule has 0 radical (unpaired) electrons. The molecule has 1 aliphatic heterocycles. The van der Waals surface area contributed by atoms with Gasteiger partial charge in [-0.05, 0) is 42.5 Å². The fourth-order valence-electron chi connectivity index (χ4n) is 3.28. The number of nitrogens with one attached hydrogen (secondary N) is 1. The molecule has 1 fully saturated rings. The van der Waals surface area contributed by atoms with Crippen LogP contribution in [0.4, 0.5) is 17.5 Å². The summed E-state index contributed by atoms with van der Waals surface area (Å²) in [4.78, 5) is 21.0. The van der Waals surface area contributed by atoms with Crippen LogP contribution in [0.15, 0.2) is 54.7 Å².